The zero-order valence-corrected chi connectivity index (χ0v) is 23.7. The van der Waals surface area contributed by atoms with Gasteiger partial charge in [0.25, 0.3) is 11.5 Å². The number of aromatic hydroxyl groups is 1. The number of amides is 3. The fraction of sp³-hybridized carbons (Fsp3) is 0.714. The lowest BCUT2D eigenvalue weighted by Gasteiger charge is -2.37. The van der Waals surface area contributed by atoms with Crippen molar-refractivity contribution in [1.82, 2.24) is 18.9 Å². The number of hydrogen-bond acceptors (Lipinski definition) is 7. The standard InChI is InChI=1S/C28H40N6O7/c1-28(25(39)31(2)26(40)33(28)11-10-17-12-19(17)24(37)38)13-15-6-8-18(9-7-15)34-23(36)20(21(29)30)22(35)32(27(34)41)14-16-4-3-5-16/h15-19,35H,3-14H2,1-2H3,(H3,29,30)(H,37,38)/t15?,17-,18?,19-,28+/m1/s1. The molecule has 13 nitrogen and oxygen atoms in total. The first kappa shape index (κ1) is 28.9. The second-order valence-electron chi connectivity index (χ2n) is 12.7. The lowest BCUT2D eigenvalue weighted by Crippen LogP contribution is -2.50. The number of carbonyl (C=O) groups excluding carboxylic acids is 2. The number of rotatable bonds is 10. The molecule has 5 rings (SSSR count). The number of imide groups is 1. The van der Waals surface area contributed by atoms with Gasteiger partial charge in [-0.15, -0.1) is 0 Å². The monoisotopic (exact) mass is 572 g/mol. The maximum absolute atomic E-state index is 13.5. The first-order valence-electron chi connectivity index (χ1n) is 14.6. The maximum atomic E-state index is 13.5. The van der Waals surface area contributed by atoms with Crippen LogP contribution in [-0.2, 0) is 16.1 Å². The number of carboxylic acids is 1. The van der Waals surface area contributed by atoms with Crippen molar-refractivity contribution >= 4 is 23.7 Å². The molecule has 0 spiro atoms. The number of hydrogen-bond donors (Lipinski definition) is 4. The van der Waals surface area contributed by atoms with Crippen LogP contribution in [0.4, 0.5) is 4.79 Å². The van der Waals surface area contributed by atoms with E-state index in [2.05, 4.69) is 0 Å². The van der Waals surface area contributed by atoms with Crippen molar-refractivity contribution in [3.8, 4) is 5.88 Å². The summed E-state index contributed by atoms with van der Waals surface area (Å²) in [5.41, 5.74) is 2.89. The highest BCUT2D eigenvalue weighted by Crippen LogP contribution is 2.44. The normalized spacial score (nSPS) is 30.0. The van der Waals surface area contributed by atoms with Crippen LogP contribution in [-0.4, -0.2) is 72.0 Å². The summed E-state index contributed by atoms with van der Waals surface area (Å²) in [5, 5.41) is 27.8. The fourth-order valence-corrected chi connectivity index (χ4v) is 7.14. The van der Waals surface area contributed by atoms with E-state index in [0.29, 0.717) is 51.5 Å². The van der Waals surface area contributed by atoms with Gasteiger partial charge in [0.1, 0.15) is 16.9 Å². The molecule has 13 heteroatoms. The van der Waals surface area contributed by atoms with Crippen molar-refractivity contribution in [3.63, 3.8) is 0 Å². The number of amidine groups is 1. The summed E-state index contributed by atoms with van der Waals surface area (Å²) >= 11 is 0. The molecule has 0 aromatic carbocycles. The maximum Gasteiger partial charge on any atom is 0.334 e. The highest BCUT2D eigenvalue weighted by molar-refractivity contribution is 6.06. The molecule has 41 heavy (non-hydrogen) atoms. The van der Waals surface area contributed by atoms with Gasteiger partial charge in [0.15, 0.2) is 0 Å². The summed E-state index contributed by atoms with van der Waals surface area (Å²) in [4.78, 5) is 66.9. The third kappa shape index (κ3) is 5.03. The Morgan fingerprint density at radius 3 is 2.27 bits per heavy atom. The second kappa shape index (κ2) is 10.6. The minimum atomic E-state index is -1.05. The number of nitrogen functional groups attached to an aromatic ring is 1. The van der Waals surface area contributed by atoms with E-state index in [-0.39, 0.29) is 47.7 Å². The smallest absolute Gasteiger partial charge is 0.334 e. The van der Waals surface area contributed by atoms with Crippen molar-refractivity contribution in [1.29, 1.82) is 5.41 Å². The van der Waals surface area contributed by atoms with Gasteiger partial charge in [-0.3, -0.25) is 33.8 Å². The average molecular weight is 573 g/mol. The van der Waals surface area contributed by atoms with Gasteiger partial charge in [0, 0.05) is 26.2 Å². The molecule has 3 aliphatic carbocycles. The Bertz CT molecular complexity index is 1390. The van der Waals surface area contributed by atoms with Crippen molar-refractivity contribution in [3.05, 3.63) is 26.4 Å². The molecule has 5 N–H and O–H groups in total. The third-order valence-electron chi connectivity index (χ3n) is 9.99. The van der Waals surface area contributed by atoms with Crippen LogP contribution >= 0.6 is 0 Å². The summed E-state index contributed by atoms with van der Waals surface area (Å²) in [5.74, 6) is -2.32. The predicted molar refractivity (Wildman–Crippen MR) is 148 cm³/mol. The number of nitrogens with zero attached hydrogens (tertiary/aromatic N) is 4. The van der Waals surface area contributed by atoms with Crippen LogP contribution in [0.5, 0.6) is 5.88 Å². The Labute approximate surface area is 237 Å². The van der Waals surface area contributed by atoms with E-state index >= 15 is 0 Å². The van der Waals surface area contributed by atoms with E-state index < -0.39 is 40.5 Å². The van der Waals surface area contributed by atoms with E-state index in [1.807, 2.05) is 0 Å². The molecule has 0 unspecified atom stereocenters. The van der Waals surface area contributed by atoms with Gasteiger partial charge in [-0.25, -0.2) is 9.59 Å². The third-order valence-corrected chi connectivity index (χ3v) is 9.99. The van der Waals surface area contributed by atoms with Gasteiger partial charge in [0.2, 0.25) is 5.88 Å². The van der Waals surface area contributed by atoms with Crippen LogP contribution in [0.25, 0.3) is 0 Å². The summed E-state index contributed by atoms with van der Waals surface area (Å²) in [7, 11) is 1.47. The Kier molecular flexibility index (Phi) is 7.49. The molecule has 2 heterocycles. The van der Waals surface area contributed by atoms with Gasteiger partial charge < -0.3 is 20.8 Å². The predicted octanol–water partition coefficient (Wildman–Crippen LogP) is 1.68. The quantitative estimate of drug-likeness (QED) is 0.185. The number of likely N-dealkylation sites (N-methyl/N-ethyl adjacent to an activating group) is 1. The number of nitrogens with one attached hydrogen (secondary N) is 1. The zero-order chi connectivity index (χ0) is 29.8. The summed E-state index contributed by atoms with van der Waals surface area (Å²) in [6, 6.07) is -0.814. The largest absolute Gasteiger partial charge is 0.494 e. The van der Waals surface area contributed by atoms with Crippen molar-refractivity contribution in [2.75, 3.05) is 13.6 Å². The SMILES string of the molecule is CN1C(=O)N(CC[C@@H]2C[C@H]2C(=O)O)[C@@](C)(CC2CCC(n3c(=O)c(C(=N)N)c(O)n(CC4CCC4)c3=O)CC2)C1=O. The second-order valence-corrected chi connectivity index (χ2v) is 12.7. The van der Waals surface area contributed by atoms with Crippen molar-refractivity contribution in [2.24, 2.45) is 29.4 Å². The summed E-state index contributed by atoms with van der Waals surface area (Å²) in [6.45, 7) is 2.35. The van der Waals surface area contributed by atoms with Crippen LogP contribution in [0.1, 0.15) is 82.7 Å². The van der Waals surface area contributed by atoms with Crippen LogP contribution in [0, 0.1) is 29.1 Å². The van der Waals surface area contributed by atoms with Gasteiger partial charge in [0.05, 0.1) is 5.92 Å². The summed E-state index contributed by atoms with van der Waals surface area (Å²) < 4.78 is 2.33. The zero-order valence-electron chi connectivity index (χ0n) is 23.7. The first-order valence-corrected chi connectivity index (χ1v) is 14.6. The lowest BCUT2D eigenvalue weighted by molar-refractivity contribution is -0.139. The van der Waals surface area contributed by atoms with Crippen LogP contribution in [0.2, 0.25) is 0 Å². The molecule has 0 bridgehead atoms. The van der Waals surface area contributed by atoms with Crippen LogP contribution in [0.3, 0.4) is 0 Å². The van der Waals surface area contributed by atoms with Gasteiger partial charge in [-0.1, -0.05) is 6.42 Å². The molecular formula is C28H40N6O7. The number of aliphatic carboxylic acids is 1. The average Bonchev–Trinajstić information content (AvgIpc) is 3.64. The van der Waals surface area contributed by atoms with E-state index in [4.69, 9.17) is 11.1 Å². The number of aromatic nitrogens is 2. The molecule has 3 amide bonds. The highest BCUT2D eigenvalue weighted by Gasteiger charge is 2.54. The lowest BCUT2D eigenvalue weighted by atomic mass is 9.77. The van der Waals surface area contributed by atoms with E-state index in [1.165, 1.54) is 11.6 Å². The number of carboxylic acid groups (broad SMARTS) is 1. The van der Waals surface area contributed by atoms with Gasteiger partial charge >= 0.3 is 17.7 Å². The molecule has 3 atom stereocenters. The molecule has 1 aliphatic heterocycles. The van der Waals surface area contributed by atoms with E-state index in [0.717, 1.165) is 28.7 Å². The topological polar surface area (TPSA) is 192 Å². The minimum Gasteiger partial charge on any atom is -0.494 e. The molecular weight excluding hydrogens is 532 g/mol. The Morgan fingerprint density at radius 2 is 1.73 bits per heavy atom. The Morgan fingerprint density at radius 1 is 1.07 bits per heavy atom. The van der Waals surface area contributed by atoms with E-state index in [1.54, 1.807) is 11.8 Å². The fourth-order valence-electron chi connectivity index (χ4n) is 7.14. The number of carbonyl (C=O) groups is 3. The van der Waals surface area contributed by atoms with E-state index in [9.17, 15) is 34.2 Å². The summed E-state index contributed by atoms with van der Waals surface area (Å²) in [6.07, 6.45) is 6.67. The highest BCUT2D eigenvalue weighted by atomic mass is 16.4. The van der Waals surface area contributed by atoms with Gasteiger partial charge in [-0.2, -0.15) is 0 Å². The molecule has 224 valence electrons. The Balaban J connectivity index is 1.31. The molecule has 1 saturated heterocycles. The van der Waals surface area contributed by atoms with Crippen molar-refractivity contribution in [2.45, 2.75) is 89.3 Å². The van der Waals surface area contributed by atoms with Gasteiger partial charge in [-0.05, 0) is 82.5 Å². The molecule has 1 aromatic rings. The molecule has 4 aliphatic rings. The molecule has 1 aromatic heterocycles. The number of nitrogens with two attached hydrogens (primary N) is 1. The molecule has 0 radical (unpaired) electrons. The molecule has 4 fully saturated rings. The van der Waals surface area contributed by atoms with Crippen LogP contribution < -0.4 is 17.0 Å². The minimum absolute atomic E-state index is 0.0119. The molecule has 3 saturated carbocycles. The van der Waals surface area contributed by atoms with Crippen molar-refractivity contribution < 1.29 is 24.6 Å². The van der Waals surface area contributed by atoms with Crippen LogP contribution in [0.15, 0.2) is 9.59 Å². The Hall–Kier alpha value is -3.64. The first-order chi connectivity index (χ1) is 19.3. The number of urea groups is 1.